The van der Waals surface area contributed by atoms with Crippen molar-refractivity contribution in [3.8, 4) is 17.1 Å². The van der Waals surface area contributed by atoms with Crippen molar-refractivity contribution >= 4 is 16.9 Å². The third kappa shape index (κ3) is 2.15. The van der Waals surface area contributed by atoms with Gasteiger partial charge in [-0.15, -0.1) is 0 Å². The molecule has 0 saturated carbocycles. The van der Waals surface area contributed by atoms with Crippen molar-refractivity contribution in [3.05, 3.63) is 56.9 Å². The second-order valence-electron chi connectivity index (χ2n) is 6.87. The quantitative estimate of drug-likeness (QED) is 0.499. The second kappa shape index (κ2) is 5.88. The topological polar surface area (TPSA) is 117 Å². The maximum Gasteiger partial charge on any atom is 0.340 e. The van der Waals surface area contributed by atoms with Gasteiger partial charge in [-0.1, -0.05) is 0 Å². The molecule has 1 unspecified atom stereocenters. The summed E-state index contributed by atoms with van der Waals surface area (Å²) >= 11 is 0. The van der Waals surface area contributed by atoms with Crippen molar-refractivity contribution in [1.82, 2.24) is 9.55 Å². The highest BCUT2D eigenvalue weighted by molar-refractivity contribution is 5.89. The van der Waals surface area contributed by atoms with Gasteiger partial charge in [0.1, 0.15) is 12.4 Å². The Balaban J connectivity index is 1.80. The molecule has 2 aliphatic heterocycles. The number of esters is 1. The number of cyclic esters (lactones) is 1. The van der Waals surface area contributed by atoms with Gasteiger partial charge in [-0.05, 0) is 29.8 Å². The minimum Gasteiger partial charge on any atom is -0.497 e. The van der Waals surface area contributed by atoms with Crippen molar-refractivity contribution in [2.45, 2.75) is 25.8 Å². The number of hydrogen-bond acceptors (Lipinski definition) is 7. The van der Waals surface area contributed by atoms with Gasteiger partial charge in [0.05, 0.1) is 36.1 Å². The molecule has 5 rings (SSSR count). The summed E-state index contributed by atoms with van der Waals surface area (Å²) in [7, 11) is 1.60. The molecule has 0 bridgehead atoms. The van der Waals surface area contributed by atoms with Crippen LogP contribution in [0.3, 0.4) is 0 Å². The van der Waals surface area contributed by atoms with E-state index >= 15 is 0 Å². The molecular weight excluding hydrogens is 362 g/mol. The number of nitrogens with two attached hydrogens (primary N) is 1. The molecule has 8 nitrogen and oxygen atoms in total. The molecule has 0 saturated heterocycles. The third-order valence-electron chi connectivity index (χ3n) is 5.49. The van der Waals surface area contributed by atoms with Crippen LogP contribution >= 0.6 is 0 Å². The van der Waals surface area contributed by atoms with Gasteiger partial charge < -0.3 is 24.9 Å². The first-order valence-electron chi connectivity index (χ1n) is 8.84. The molecule has 2 aliphatic rings. The zero-order valence-corrected chi connectivity index (χ0v) is 15.1. The first-order chi connectivity index (χ1) is 13.5. The van der Waals surface area contributed by atoms with E-state index in [0.29, 0.717) is 29.2 Å². The van der Waals surface area contributed by atoms with Gasteiger partial charge in [0, 0.05) is 23.1 Å². The Labute approximate surface area is 159 Å². The summed E-state index contributed by atoms with van der Waals surface area (Å²) in [5.74, 6) is -0.0536. The Morgan fingerprint density at radius 2 is 2.14 bits per heavy atom. The van der Waals surface area contributed by atoms with E-state index < -0.39 is 12.1 Å². The summed E-state index contributed by atoms with van der Waals surface area (Å²) in [6, 6.07) is 7.21. The van der Waals surface area contributed by atoms with Crippen molar-refractivity contribution in [2.75, 3.05) is 7.11 Å². The molecule has 0 spiro atoms. The van der Waals surface area contributed by atoms with Gasteiger partial charge in [-0.25, -0.2) is 9.78 Å². The van der Waals surface area contributed by atoms with Gasteiger partial charge in [0.2, 0.25) is 0 Å². The number of aromatic nitrogens is 2. The minimum absolute atomic E-state index is 0.142. The SMILES string of the molecule is COc1ccc2nc3c(c(CN)c2c1)Cn1c-3cc2c(c1=O)COC(=O)C2O. The highest BCUT2D eigenvalue weighted by atomic mass is 16.5. The Morgan fingerprint density at radius 1 is 1.32 bits per heavy atom. The monoisotopic (exact) mass is 379 g/mol. The summed E-state index contributed by atoms with van der Waals surface area (Å²) in [5.41, 5.74) is 10.1. The fraction of sp³-hybridized carbons (Fsp3) is 0.250. The van der Waals surface area contributed by atoms with Crippen LogP contribution in [0.15, 0.2) is 29.1 Å². The first kappa shape index (κ1) is 16.9. The van der Waals surface area contributed by atoms with Gasteiger partial charge in [-0.2, -0.15) is 0 Å². The number of carbonyl (C=O) groups is 1. The Bertz CT molecular complexity index is 1230. The molecular formula is C20H17N3O5. The van der Waals surface area contributed by atoms with Crippen LogP contribution in [0.4, 0.5) is 0 Å². The number of aliphatic hydroxyl groups is 1. The van der Waals surface area contributed by atoms with Crippen LogP contribution in [0.1, 0.15) is 28.4 Å². The lowest BCUT2D eigenvalue weighted by molar-refractivity contribution is -0.157. The second-order valence-corrected chi connectivity index (χ2v) is 6.87. The molecule has 3 N–H and O–H groups in total. The van der Waals surface area contributed by atoms with Crippen LogP contribution in [0.5, 0.6) is 5.75 Å². The predicted molar refractivity (Wildman–Crippen MR) is 99.7 cm³/mol. The first-order valence-corrected chi connectivity index (χ1v) is 8.84. The van der Waals surface area contributed by atoms with Crippen LogP contribution in [-0.4, -0.2) is 27.7 Å². The van der Waals surface area contributed by atoms with Gasteiger partial charge in [0.15, 0.2) is 6.10 Å². The van der Waals surface area contributed by atoms with E-state index in [1.165, 1.54) is 0 Å². The lowest BCUT2D eigenvalue weighted by Gasteiger charge is -2.21. The van der Waals surface area contributed by atoms with Crippen LogP contribution in [0, 0.1) is 0 Å². The minimum atomic E-state index is -1.47. The number of aliphatic hydroxyl groups excluding tert-OH is 1. The zero-order valence-electron chi connectivity index (χ0n) is 15.1. The highest BCUT2D eigenvalue weighted by Crippen LogP contribution is 2.38. The Morgan fingerprint density at radius 3 is 2.89 bits per heavy atom. The number of methoxy groups -OCH3 is 1. The Hall–Kier alpha value is -3.23. The van der Waals surface area contributed by atoms with E-state index in [1.807, 2.05) is 18.2 Å². The fourth-order valence-electron chi connectivity index (χ4n) is 4.05. The Kier molecular flexibility index (Phi) is 3.55. The molecule has 0 radical (unpaired) electrons. The number of carbonyl (C=O) groups excluding carboxylic acids is 1. The summed E-state index contributed by atoms with van der Waals surface area (Å²) in [4.78, 5) is 29.5. The lowest BCUT2D eigenvalue weighted by atomic mass is 9.98. The van der Waals surface area contributed by atoms with E-state index in [-0.39, 0.29) is 24.3 Å². The fourth-order valence-corrected chi connectivity index (χ4v) is 4.05. The summed E-state index contributed by atoms with van der Waals surface area (Å²) in [6.45, 7) is 0.464. The molecule has 0 aliphatic carbocycles. The third-order valence-corrected chi connectivity index (χ3v) is 5.49. The van der Waals surface area contributed by atoms with Crippen molar-refractivity contribution in [3.63, 3.8) is 0 Å². The van der Waals surface area contributed by atoms with Crippen molar-refractivity contribution < 1.29 is 19.4 Å². The van der Waals surface area contributed by atoms with E-state index in [9.17, 15) is 14.7 Å². The van der Waals surface area contributed by atoms with Gasteiger partial charge >= 0.3 is 5.97 Å². The number of ether oxygens (including phenoxy) is 2. The molecule has 8 heteroatoms. The largest absolute Gasteiger partial charge is 0.497 e. The molecule has 0 amide bonds. The number of hydrogen-bond donors (Lipinski definition) is 2. The molecule has 2 aromatic heterocycles. The van der Waals surface area contributed by atoms with Gasteiger partial charge in [0.25, 0.3) is 5.56 Å². The molecule has 1 aromatic carbocycles. The predicted octanol–water partition coefficient (Wildman–Crippen LogP) is 0.983. The number of pyridine rings is 2. The molecule has 0 fully saturated rings. The lowest BCUT2D eigenvalue weighted by Crippen LogP contribution is -2.32. The summed E-state index contributed by atoms with van der Waals surface area (Å²) in [5, 5.41) is 11.1. The average Bonchev–Trinajstić information content (AvgIpc) is 3.07. The maximum atomic E-state index is 13.0. The van der Waals surface area contributed by atoms with Crippen LogP contribution < -0.4 is 16.0 Å². The van der Waals surface area contributed by atoms with Gasteiger partial charge in [-0.3, -0.25) is 4.79 Å². The molecule has 4 heterocycles. The molecule has 3 aromatic rings. The molecule has 1 atom stereocenters. The van der Waals surface area contributed by atoms with E-state index in [1.54, 1.807) is 17.7 Å². The number of fused-ring (bicyclic) bond motifs is 5. The zero-order chi connectivity index (χ0) is 19.6. The highest BCUT2D eigenvalue weighted by Gasteiger charge is 2.34. The number of nitrogens with zero attached hydrogens (tertiary/aromatic N) is 2. The standard InChI is InChI=1S/C20H17N3O5/c1-27-9-2-3-15-10(4-9)12(6-21)13-7-23-16(17(13)22-15)5-11-14(19(23)25)8-28-20(26)18(11)24/h2-5,18,24H,6-8,21H2,1H3. The maximum absolute atomic E-state index is 13.0. The van der Waals surface area contributed by atoms with Crippen LogP contribution in [-0.2, 0) is 29.2 Å². The smallest absolute Gasteiger partial charge is 0.340 e. The summed E-state index contributed by atoms with van der Waals surface area (Å²) < 4.78 is 11.8. The molecule has 142 valence electrons. The normalized spacial score (nSPS) is 17.1. The number of rotatable bonds is 2. The summed E-state index contributed by atoms with van der Waals surface area (Å²) in [6.07, 6.45) is -1.47. The van der Waals surface area contributed by atoms with E-state index in [2.05, 4.69) is 0 Å². The van der Waals surface area contributed by atoms with Crippen LogP contribution in [0.25, 0.3) is 22.3 Å². The van der Waals surface area contributed by atoms with Crippen molar-refractivity contribution in [1.29, 1.82) is 0 Å². The van der Waals surface area contributed by atoms with Crippen LogP contribution in [0.2, 0.25) is 0 Å². The van der Waals surface area contributed by atoms with E-state index in [4.69, 9.17) is 20.2 Å². The molecule has 28 heavy (non-hydrogen) atoms. The average molecular weight is 379 g/mol. The van der Waals surface area contributed by atoms with E-state index in [0.717, 1.165) is 22.0 Å². The number of benzene rings is 1. The van der Waals surface area contributed by atoms with Crippen molar-refractivity contribution in [2.24, 2.45) is 5.73 Å².